The molecule has 0 aliphatic heterocycles. The highest BCUT2D eigenvalue weighted by molar-refractivity contribution is 7.89. The normalized spacial score (nSPS) is 12.1. The van der Waals surface area contributed by atoms with Gasteiger partial charge in [0.1, 0.15) is 0 Å². The molecule has 1 heterocycles. The van der Waals surface area contributed by atoms with Crippen molar-refractivity contribution in [3.63, 3.8) is 0 Å². The maximum atomic E-state index is 12.2. The Hall–Kier alpha value is -2.87. The first-order valence-corrected chi connectivity index (χ1v) is 9.05. The predicted octanol–water partition coefficient (Wildman–Crippen LogP) is 1.50. The minimum Gasteiger partial charge on any atom is -0.295 e. The van der Waals surface area contributed by atoms with E-state index in [0.29, 0.717) is 5.56 Å². The van der Waals surface area contributed by atoms with Crippen LogP contribution in [0.25, 0.3) is 11.0 Å². The second-order valence-corrected chi connectivity index (χ2v) is 7.48. The summed E-state index contributed by atoms with van der Waals surface area (Å²) in [6.07, 6.45) is 1.41. The number of sulfonamides is 1. The van der Waals surface area contributed by atoms with Gasteiger partial charge in [0, 0.05) is 14.1 Å². The number of hydrogen-bond acceptors (Lipinski definition) is 4. The zero-order valence-corrected chi connectivity index (χ0v) is 14.9. The Bertz CT molecular complexity index is 1120. The van der Waals surface area contributed by atoms with Gasteiger partial charge in [0.05, 0.1) is 22.1 Å². The summed E-state index contributed by atoms with van der Waals surface area (Å²) in [7, 11) is -0.319. The molecule has 7 nitrogen and oxygen atoms in total. The largest absolute Gasteiger partial charge is 0.328 e. The fraction of sp³-hybridized carbons (Fsp3) is 0.176. The summed E-state index contributed by atoms with van der Waals surface area (Å²) in [4.78, 5) is 14.3. The predicted molar refractivity (Wildman–Crippen MR) is 97.3 cm³/mol. The molecule has 1 N–H and O–H groups in total. The second kappa shape index (κ2) is 6.21. The number of imidazole rings is 1. The van der Waals surface area contributed by atoms with Crippen molar-refractivity contribution in [1.29, 1.82) is 0 Å². The number of nitrogens with one attached hydrogen (secondary N) is 1. The van der Waals surface area contributed by atoms with Crippen LogP contribution < -0.4 is 10.5 Å². The van der Waals surface area contributed by atoms with E-state index in [2.05, 4.69) is 9.93 Å². The lowest BCUT2D eigenvalue weighted by atomic mass is 10.2. The zero-order valence-electron chi connectivity index (χ0n) is 14.1. The molecule has 0 fully saturated rings. The van der Waals surface area contributed by atoms with Gasteiger partial charge < -0.3 is 0 Å². The molecule has 0 radical (unpaired) electrons. The van der Waals surface area contributed by atoms with Crippen molar-refractivity contribution in [1.82, 2.24) is 14.0 Å². The van der Waals surface area contributed by atoms with Crippen LogP contribution in [0.3, 0.4) is 0 Å². The molecule has 3 rings (SSSR count). The van der Waals surface area contributed by atoms with E-state index in [1.165, 1.54) is 22.9 Å². The lowest BCUT2D eigenvalue weighted by Gasteiger charge is -2.03. The molecule has 3 aromatic rings. The van der Waals surface area contributed by atoms with Crippen molar-refractivity contribution in [2.45, 2.75) is 11.8 Å². The fourth-order valence-corrected chi connectivity index (χ4v) is 3.34. The first kappa shape index (κ1) is 17.0. The zero-order chi connectivity index (χ0) is 18.2. The van der Waals surface area contributed by atoms with E-state index >= 15 is 0 Å². The highest BCUT2D eigenvalue weighted by Crippen LogP contribution is 2.13. The Kier molecular flexibility index (Phi) is 4.22. The monoisotopic (exact) mass is 358 g/mol. The van der Waals surface area contributed by atoms with Gasteiger partial charge in [-0.1, -0.05) is 23.8 Å². The third-order valence-corrected chi connectivity index (χ3v) is 5.25. The fourth-order valence-electron chi connectivity index (χ4n) is 2.54. The van der Waals surface area contributed by atoms with Gasteiger partial charge in [-0.25, -0.2) is 9.63 Å². The smallest absolute Gasteiger partial charge is 0.295 e. The third kappa shape index (κ3) is 3.20. The minimum absolute atomic E-state index is 0.121. The van der Waals surface area contributed by atoms with E-state index in [1.807, 2.05) is 6.92 Å². The molecule has 0 amide bonds. The number of fused-ring (bicyclic) bond motifs is 1. The number of nitrogens with zero attached hydrogens (tertiary/aromatic N) is 3. The van der Waals surface area contributed by atoms with Gasteiger partial charge in [0.25, 0.3) is 10.0 Å². The van der Waals surface area contributed by atoms with E-state index in [0.717, 1.165) is 16.6 Å². The van der Waals surface area contributed by atoms with E-state index in [-0.39, 0.29) is 10.6 Å². The molecule has 0 aliphatic carbocycles. The maximum absolute atomic E-state index is 12.2. The second-order valence-electron chi connectivity index (χ2n) is 5.81. The highest BCUT2D eigenvalue weighted by Gasteiger charge is 2.12. The van der Waals surface area contributed by atoms with Crippen LogP contribution in [0.15, 0.2) is 57.3 Å². The van der Waals surface area contributed by atoms with E-state index in [4.69, 9.17) is 0 Å². The average molecular weight is 358 g/mol. The van der Waals surface area contributed by atoms with Gasteiger partial charge in [-0.3, -0.25) is 9.13 Å². The van der Waals surface area contributed by atoms with Gasteiger partial charge in [0.2, 0.25) is 0 Å². The Morgan fingerprint density at radius 2 is 1.64 bits per heavy atom. The van der Waals surface area contributed by atoms with Gasteiger partial charge in [-0.05, 0) is 36.8 Å². The molecule has 25 heavy (non-hydrogen) atoms. The van der Waals surface area contributed by atoms with Crippen LogP contribution >= 0.6 is 0 Å². The van der Waals surface area contributed by atoms with Crippen molar-refractivity contribution in [3.8, 4) is 0 Å². The van der Waals surface area contributed by atoms with Crippen molar-refractivity contribution in [3.05, 3.63) is 64.1 Å². The van der Waals surface area contributed by atoms with Gasteiger partial charge in [0.15, 0.2) is 0 Å². The van der Waals surface area contributed by atoms with E-state index in [9.17, 15) is 13.2 Å². The van der Waals surface area contributed by atoms with E-state index < -0.39 is 10.0 Å². The van der Waals surface area contributed by atoms with Crippen molar-refractivity contribution < 1.29 is 8.42 Å². The quantitative estimate of drug-likeness (QED) is 0.566. The third-order valence-electron chi connectivity index (χ3n) is 4.01. The molecule has 0 spiro atoms. The van der Waals surface area contributed by atoms with Crippen LogP contribution in [0.4, 0.5) is 0 Å². The molecule has 0 saturated heterocycles. The molecular formula is C17H18N4O3S. The average Bonchev–Trinajstić information content (AvgIpc) is 2.79. The number of hydrazone groups is 1. The molecule has 0 unspecified atom stereocenters. The number of aryl methyl sites for hydroxylation is 3. The summed E-state index contributed by atoms with van der Waals surface area (Å²) >= 11 is 0. The summed E-state index contributed by atoms with van der Waals surface area (Å²) in [6.45, 7) is 1.88. The Labute approximate surface area is 145 Å². The number of hydrogen-bond donors (Lipinski definition) is 1. The van der Waals surface area contributed by atoms with Crippen LogP contribution in [0.2, 0.25) is 0 Å². The molecule has 130 valence electrons. The summed E-state index contributed by atoms with van der Waals surface area (Å²) in [5.41, 5.74) is 3.08. The van der Waals surface area contributed by atoms with Crippen LogP contribution in [0.5, 0.6) is 0 Å². The molecule has 1 aromatic heterocycles. The Morgan fingerprint density at radius 1 is 1.00 bits per heavy atom. The number of benzene rings is 2. The minimum atomic E-state index is -3.71. The van der Waals surface area contributed by atoms with Crippen LogP contribution in [0.1, 0.15) is 11.1 Å². The number of aromatic nitrogens is 2. The lowest BCUT2D eigenvalue weighted by Crippen LogP contribution is -2.19. The number of rotatable bonds is 4. The molecule has 0 aliphatic rings. The highest BCUT2D eigenvalue weighted by atomic mass is 32.2. The topological polar surface area (TPSA) is 85.5 Å². The van der Waals surface area contributed by atoms with Gasteiger partial charge >= 0.3 is 5.69 Å². The van der Waals surface area contributed by atoms with E-state index in [1.54, 1.807) is 49.0 Å². The molecule has 0 bridgehead atoms. The molecule has 0 saturated carbocycles. The van der Waals surface area contributed by atoms with Crippen LogP contribution in [0, 0.1) is 6.92 Å². The first-order chi connectivity index (χ1) is 11.8. The molecule has 0 atom stereocenters. The molecule has 2 aromatic carbocycles. The Morgan fingerprint density at radius 3 is 2.32 bits per heavy atom. The maximum Gasteiger partial charge on any atom is 0.328 e. The SMILES string of the molecule is Cc1ccc(S(=O)(=O)N/N=C\c2ccc3c(c2)n(C)c(=O)n3C)cc1. The van der Waals surface area contributed by atoms with Gasteiger partial charge in [-0.2, -0.15) is 13.5 Å². The summed E-state index contributed by atoms with van der Waals surface area (Å²) in [6, 6.07) is 11.8. The van der Waals surface area contributed by atoms with Gasteiger partial charge in [-0.15, -0.1) is 0 Å². The summed E-state index contributed by atoms with van der Waals surface area (Å²) < 4.78 is 27.4. The standard InChI is InChI=1S/C17H18N4O3S/c1-12-4-7-14(8-5-12)25(23,24)19-18-11-13-6-9-15-16(10-13)21(3)17(22)20(15)2/h4-11,19H,1-3H3/b18-11-. The first-order valence-electron chi connectivity index (χ1n) is 7.56. The molecular weight excluding hydrogens is 340 g/mol. The van der Waals surface area contributed by atoms with Crippen LogP contribution in [-0.2, 0) is 24.1 Å². The van der Waals surface area contributed by atoms with Crippen molar-refractivity contribution >= 4 is 27.3 Å². The summed E-state index contributed by atoms with van der Waals surface area (Å²) in [5, 5.41) is 3.82. The van der Waals surface area contributed by atoms with Crippen LogP contribution in [-0.4, -0.2) is 23.8 Å². The Balaban J connectivity index is 1.85. The summed E-state index contributed by atoms with van der Waals surface area (Å²) in [5.74, 6) is 0. The van der Waals surface area contributed by atoms with Crippen molar-refractivity contribution in [2.24, 2.45) is 19.2 Å². The molecule has 8 heteroatoms. The van der Waals surface area contributed by atoms with Crippen molar-refractivity contribution in [2.75, 3.05) is 0 Å². The lowest BCUT2D eigenvalue weighted by molar-refractivity contribution is 0.584.